The maximum absolute atomic E-state index is 12.5. The number of carboxylic acid groups (broad SMARTS) is 1. The molecule has 212 valence electrons. The first-order valence-corrected chi connectivity index (χ1v) is 13.6. The van der Waals surface area contributed by atoms with E-state index in [-0.39, 0.29) is 5.69 Å². The van der Waals surface area contributed by atoms with Gasteiger partial charge in [0, 0.05) is 35.3 Å². The molecular weight excluding hydrogens is 534 g/mol. The van der Waals surface area contributed by atoms with Gasteiger partial charge in [0.15, 0.2) is 5.69 Å². The van der Waals surface area contributed by atoms with Crippen LogP contribution < -0.4 is 14.2 Å². The molecule has 3 heterocycles. The van der Waals surface area contributed by atoms with Crippen molar-refractivity contribution < 1.29 is 24.1 Å². The molecular formula is C32H29N5O5. The van der Waals surface area contributed by atoms with Gasteiger partial charge in [-0.2, -0.15) is 5.10 Å². The van der Waals surface area contributed by atoms with Crippen LogP contribution in [0.1, 0.15) is 51.4 Å². The van der Waals surface area contributed by atoms with Gasteiger partial charge in [0.05, 0.1) is 19.4 Å². The number of aromatic carboxylic acids is 1. The molecule has 0 fully saturated rings. The molecule has 0 spiro atoms. The van der Waals surface area contributed by atoms with Gasteiger partial charge in [-0.1, -0.05) is 12.1 Å². The van der Waals surface area contributed by atoms with Crippen molar-refractivity contribution in [3.05, 3.63) is 113 Å². The molecule has 1 aliphatic carbocycles. The maximum atomic E-state index is 12.5. The Labute approximate surface area is 242 Å². The van der Waals surface area contributed by atoms with Crippen molar-refractivity contribution in [3.8, 4) is 28.5 Å². The highest BCUT2D eigenvalue weighted by Crippen LogP contribution is 2.42. The molecule has 6 rings (SSSR count). The van der Waals surface area contributed by atoms with Gasteiger partial charge in [-0.25, -0.2) is 19.4 Å². The summed E-state index contributed by atoms with van der Waals surface area (Å²) in [6.45, 7) is 2.78. The van der Waals surface area contributed by atoms with E-state index in [0.717, 1.165) is 27.9 Å². The highest BCUT2D eigenvalue weighted by Gasteiger charge is 2.34. The quantitative estimate of drug-likeness (QED) is 0.246. The first kappa shape index (κ1) is 26.9. The van der Waals surface area contributed by atoms with E-state index in [1.54, 1.807) is 36.4 Å². The third-order valence-corrected chi connectivity index (χ3v) is 7.21. The van der Waals surface area contributed by atoms with E-state index >= 15 is 0 Å². The lowest BCUT2D eigenvalue weighted by molar-refractivity contribution is 0.0688. The van der Waals surface area contributed by atoms with E-state index in [4.69, 9.17) is 24.3 Å². The highest BCUT2D eigenvalue weighted by molar-refractivity contribution is 5.91. The standard InChI is InChI=1S/C32H29N5O5/c1-3-41-23-7-4-6-22(15-23)30(29-27(40-2)8-5-13-35-29)37-31-25-12-10-24(42-18-20-16-33-19-34-17-20)14-21(25)9-11-26(31)28(36-37)32(38)39/h4-8,10,12-17,19,30H,3,9,11,18H2,1-2H3,(H,38,39). The number of carboxylic acids is 1. The molecule has 1 aliphatic rings. The van der Waals surface area contributed by atoms with Gasteiger partial charge in [0.25, 0.3) is 0 Å². The fourth-order valence-corrected chi connectivity index (χ4v) is 5.42. The van der Waals surface area contributed by atoms with Crippen molar-refractivity contribution in [2.24, 2.45) is 0 Å². The van der Waals surface area contributed by atoms with Gasteiger partial charge in [-0.3, -0.25) is 4.98 Å². The molecule has 0 aliphatic heterocycles. The number of methoxy groups -OCH3 is 1. The highest BCUT2D eigenvalue weighted by atomic mass is 16.5. The number of fused-ring (bicyclic) bond motifs is 3. The second-order valence-electron chi connectivity index (χ2n) is 9.78. The van der Waals surface area contributed by atoms with E-state index in [0.29, 0.717) is 54.6 Å². The number of nitrogens with zero attached hydrogens (tertiary/aromatic N) is 5. The zero-order valence-electron chi connectivity index (χ0n) is 23.2. The average molecular weight is 564 g/mol. The summed E-state index contributed by atoms with van der Waals surface area (Å²) in [5, 5.41) is 14.9. The number of aromatic nitrogens is 5. The monoisotopic (exact) mass is 563 g/mol. The molecule has 42 heavy (non-hydrogen) atoms. The minimum atomic E-state index is -1.08. The molecule has 0 saturated heterocycles. The Bertz CT molecular complexity index is 1740. The second kappa shape index (κ2) is 11.7. The molecule has 5 aromatic rings. The van der Waals surface area contributed by atoms with Gasteiger partial charge in [-0.05, 0) is 73.4 Å². The van der Waals surface area contributed by atoms with Crippen LogP contribution in [0.15, 0.2) is 79.5 Å². The van der Waals surface area contributed by atoms with E-state index < -0.39 is 12.0 Å². The molecule has 10 nitrogen and oxygen atoms in total. The topological polar surface area (TPSA) is 121 Å². The number of benzene rings is 2. The number of aryl methyl sites for hydroxylation is 1. The lowest BCUT2D eigenvalue weighted by Gasteiger charge is -2.25. The van der Waals surface area contributed by atoms with Crippen LogP contribution in [-0.2, 0) is 19.4 Å². The van der Waals surface area contributed by atoms with Crippen LogP contribution in [0.3, 0.4) is 0 Å². The number of ether oxygens (including phenoxy) is 3. The van der Waals surface area contributed by atoms with Gasteiger partial charge >= 0.3 is 5.97 Å². The van der Waals surface area contributed by atoms with Crippen molar-refractivity contribution in [2.75, 3.05) is 13.7 Å². The molecule has 2 aromatic carbocycles. The number of hydrogen-bond donors (Lipinski definition) is 1. The summed E-state index contributed by atoms with van der Waals surface area (Å²) in [5.41, 5.74) is 5.68. The largest absolute Gasteiger partial charge is 0.495 e. The van der Waals surface area contributed by atoms with Gasteiger partial charge in [0.1, 0.15) is 41.9 Å². The molecule has 0 radical (unpaired) electrons. The smallest absolute Gasteiger partial charge is 0.356 e. The number of carbonyl (C=O) groups is 1. The Balaban J connectivity index is 1.50. The lowest BCUT2D eigenvalue weighted by Crippen LogP contribution is -2.19. The summed E-state index contributed by atoms with van der Waals surface area (Å²) < 4.78 is 19.3. The molecule has 1 N–H and O–H groups in total. The molecule has 10 heteroatoms. The van der Waals surface area contributed by atoms with Crippen LogP contribution in [0.5, 0.6) is 17.2 Å². The van der Waals surface area contributed by atoms with E-state index in [2.05, 4.69) is 9.97 Å². The maximum Gasteiger partial charge on any atom is 0.356 e. The number of hydrogen-bond acceptors (Lipinski definition) is 8. The number of rotatable bonds is 10. The Morgan fingerprint density at radius 3 is 2.64 bits per heavy atom. The summed E-state index contributed by atoms with van der Waals surface area (Å²) in [6, 6.07) is 16.6. The summed E-state index contributed by atoms with van der Waals surface area (Å²) in [4.78, 5) is 25.2. The van der Waals surface area contributed by atoms with Crippen molar-refractivity contribution >= 4 is 5.97 Å². The zero-order chi connectivity index (χ0) is 29.1. The van der Waals surface area contributed by atoms with Crippen molar-refractivity contribution in [3.63, 3.8) is 0 Å². The summed E-state index contributed by atoms with van der Waals surface area (Å²) in [6.07, 6.45) is 7.78. The molecule has 3 aromatic heterocycles. The summed E-state index contributed by atoms with van der Waals surface area (Å²) in [7, 11) is 1.59. The first-order valence-electron chi connectivity index (χ1n) is 13.6. The van der Waals surface area contributed by atoms with Crippen molar-refractivity contribution in [2.45, 2.75) is 32.4 Å². The minimum absolute atomic E-state index is 0.0286. The third kappa shape index (κ3) is 5.14. The van der Waals surface area contributed by atoms with Gasteiger partial charge in [0.2, 0.25) is 0 Å². The molecule has 1 atom stereocenters. The minimum Gasteiger partial charge on any atom is -0.495 e. The zero-order valence-corrected chi connectivity index (χ0v) is 23.2. The fraction of sp³-hybridized carbons (Fsp3) is 0.219. The van der Waals surface area contributed by atoms with Gasteiger partial charge < -0.3 is 19.3 Å². The van der Waals surface area contributed by atoms with E-state index in [9.17, 15) is 9.90 Å². The lowest BCUT2D eigenvalue weighted by atomic mass is 9.88. The summed E-state index contributed by atoms with van der Waals surface area (Å²) >= 11 is 0. The predicted molar refractivity (Wildman–Crippen MR) is 154 cm³/mol. The SMILES string of the molecule is CCOc1cccc(C(c2ncccc2OC)n2nc(C(=O)O)c3c2-c2ccc(OCc4cncnc4)cc2CC3)c1. The third-order valence-electron chi connectivity index (χ3n) is 7.21. The van der Waals surface area contributed by atoms with Crippen molar-refractivity contribution in [1.82, 2.24) is 24.7 Å². The Kier molecular flexibility index (Phi) is 7.50. The van der Waals surface area contributed by atoms with Crippen molar-refractivity contribution in [1.29, 1.82) is 0 Å². The van der Waals surface area contributed by atoms with E-state index in [1.165, 1.54) is 6.33 Å². The van der Waals surface area contributed by atoms with Gasteiger partial charge in [-0.15, -0.1) is 0 Å². The Morgan fingerprint density at radius 2 is 1.86 bits per heavy atom. The van der Waals surface area contributed by atoms with Crippen LogP contribution in [-0.4, -0.2) is 49.5 Å². The first-order chi connectivity index (χ1) is 20.6. The Morgan fingerprint density at radius 1 is 1.02 bits per heavy atom. The Hall–Kier alpha value is -5.25. The predicted octanol–water partition coefficient (Wildman–Crippen LogP) is 5.16. The van der Waals surface area contributed by atoms with E-state index in [1.807, 2.05) is 55.5 Å². The fourth-order valence-electron chi connectivity index (χ4n) is 5.42. The van der Waals surface area contributed by atoms with Crippen LogP contribution >= 0.6 is 0 Å². The number of pyridine rings is 1. The molecule has 0 amide bonds. The normalized spacial score (nSPS) is 12.6. The summed E-state index contributed by atoms with van der Waals surface area (Å²) in [5.74, 6) is 0.890. The van der Waals surface area contributed by atoms with Crippen LogP contribution in [0.25, 0.3) is 11.3 Å². The average Bonchev–Trinajstić information content (AvgIpc) is 3.41. The molecule has 1 unspecified atom stereocenters. The molecule has 0 saturated carbocycles. The van der Waals surface area contributed by atoms with Crippen LogP contribution in [0.2, 0.25) is 0 Å². The van der Waals surface area contributed by atoms with Crippen LogP contribution in [0.4, 0.5) is 0 Å². The van der Waals surface area contributed by atoms with Crippen LogP contribution in [0, 0.1) is 0 Å². The molecule has 0 bridgehead atoms. The second-order valence-corrected chi connectivity index (χ2v) is 9.78.